The van der Waals surface area contributed by atoms with Gasteiger partial charge in [-0.05, 0) is 56.2 Å². The van der Waals surface area contributed by atoms with Gasteiger partial charge in [-0.1, -0.05) is 47.5 Å². The minimum absolute atomic E-state index is 0.0481. The van der Waals surface area contributed by atoms with Gasteiger partial charge in [0.1, 0.15) is 17.7 Å². The lowest BCUT2D eigenvalue weighted by Crippen LogP contribution is -2.58. The standard InChI is InChI=1S/C18H24ClN3O3.C8H9ClN2O/c1-17(2,3)25-16(24)22-10-8-18(9-11-22)20-14(15(23)21-18)12-4-6-13(19)7-5-12;9-6-3-1-5(2-4-6)7(10)8(11)12/h4-7,14,20H,8-11H2,1-3H3,(H,21,23);1-4,7H,10H2,(H2,11,12). The van der Waals surface area contributed by atoms with Crippen molar-refractivity contribution in [2.24, 2.45) is 11.5 Å². The number of primary amides is 1. The number of benzene rings is 2. The molecule has 0 radical (unpaired) electrons. The topological polar surface area (TPSA) is 140 Å². The number of carbonyl (C=O) groups excluding carboxylic acids is 3. The second-order valence-corrected chi connectivity index (χ2v) is 11.0. The Morgan fingerprint density at radius 2 is 1.54 bits per heavy atom. The van der Waals surface area contributed by atoms with Crippen molar-refractivity contribution in [3.8, 4) is 0 Å². The van der Waals surface area contributed by atoms with Crippen molar-refractivity contribution in [3.05, 3.63) is 69.7 Å². The van der Waals surface area contributed by atoms with Crippen LogP contribution in [0.3, 0.4) is 0 Å². The molecule has 37 heavy (non-hydrogen) atoms. The fourth-order valence-electron chi connectivity index (χ4n) is 4.08. The van der Waals surface area contributed by atoms with E-state index in [9.17, 15) is 14.4 Å². The Morgan fingerprint density at radius 3 is 2.03 bits per heavy atom. The summed E-state index contributed by atoms with van der Waals surface area (Å²) in [6, 6.07) is 12.8. The number of rotatable bonds is 3. The third-order valence-electron chi connectivity index (χ3n) is 6.05. The molecule has 2 aliphatic heterocycles. The Balaban J connectivity index is 0.000000266. The van der Waals surface area contributed by atoms with Gasteiger partial charge >= 0.3 is 6.09 Å². The maximum absolute atomic E-state index is 12.4. The van der Waals surface area contributed by atoms with Gasteiger partial charge in [-0.15, -0.1) is 0 Å². The molecule has 2 aromatic rings. The van der Waals surface area contributed by atoms with Crippen LogP contribution in [0.5, 0.6) is 0 Å². The highest BCUT2D eigenvalue weighted by atomic mass is 35.5. The summed E-state index contributed by atoms with van der Waals surface area (Å²) in [6.45, 7) is 6.63. The molecule has 0 aromatic heterocycles. The highest BCUT2D eigenvalue weighted by Gasteiger charge is 2.46. The van der Waals surface area contributed by atoms with Crippen LogP contribution in [-0.4, -0.2) is 47.2 Å². The summed E-state index contributed by atoms with van der Waals surface area (Å²) in [6.07, 6.45) is 0.977. The summed E-state index contributed by atoms with van der Waals surface area (Å²) >= 11 is 11.6. The van der Waals surface area contributed by atoms with Gasteiger partial charge in [0.2, 0.25) is 11.8 Å². The van der Waals surface area contributed by atoms with Crippen LogP contribution in [0.1, 0.15) is 56.8 Å². The smallest absolute Gasteiger partial charge is 0.410 e. The number of nitrogens with zero attached hydrogens (tertiary/aromatic N) is 1. The third-order valence-corrected chi connectivity index (χ3v) is 6.56. The van der Waals surface area contributed by atoms with Crippen molar-refractivity contribution >= 4 is 41.1 Å². The maximum atomic E-state index is 12.4. The number of likely N-dealkylation sites (tertiary alicyclic amines) is 1. The predicted molar refractivity (Wildman–Crippen MR) is 143 cm³/mol. The van der Waals surface area contributed by atoms with Crippen LogP contribution in [0, 0.1) is 0 Å². The van der Waals surface area contributed by atoms with E-state index in [1.54, 1.807) is 41.3 Å². The number of hydrogen-bond donors (Lipinski definition) is 4. The molecule has 0 aliphatic carbocycles. The van der Waals surface area contributed by atoms with Gasteiger partial charge in [-0.2, -0.15) is 0 Å². The van der Waals surface area contributed by atoms with Crippen molar-refractivity contribution < 1.29 is 19.1 Å². The normalized spacial score (nSPS) is 19.5. The first-order chi connectivity index (χ1) is 17.3. The number of carbonyl (C=O) groups is 3. The van der Waals surface area contributed by atoms with Gasteiger partial charge in [0.15, 0.2) is 0 Å². The first-order valence-corrected chi connectivity index (χ1v) is 12.7. The highest BCUT2D eigenvalue weighted by Crippen LogP contribution is 2.31. The fraction of sp³-hybridized carbons (Fsp3) is 0.423. The summed E-state index contributed by atoms with van der Waals surface area (Å²) in [5.74, 6) is -0.592. The first-order valence-electron chi connectivity index (χ1n) is 11.9. The zero-order valence-electron chi connectivity index (χ0n) is 21.1. The molecule has 2 atom stereocenters. The number of amides is 3. The number of halogens is 2. The predicted octanol–water partition coefficient (Wildman–Crippen LogP) is 3.65. The first kappa shape index (κ1) is 28.7. The molecule has 2 aliphatic rings. The van der Waals surface area contributed by atoms with Crippen LogP contribution < -0.4 is 22.1 Å². The zero-order valence-corrected chi connectivity index (χ0v) is 22.6. The van der Waals surface area contributed by atoms with E-state index in [2.05, 4.69) is 10.6 Å². The molecule has 3 amide bonds. The lowest BCUT2D eigenvalue weighted by Gasteiger charge is -2.39. The maximum Gasteiger partial charge on any atom is 0.410 e. The number of ether oxygens (including phenoxy) is 1. The molecule has 2 heterocycles. The molecule has 0 saturated carbocycles. The molecule has 6 N–H and O–H groups in total. The summed E-state index contributed by atoms with van der Waals surface area (Å²) in [7, 11) is 0. The summed E-state index contributed by atoms with van der Waals surface area (Å²) in [4.78, 5) is 37.0. The fourth-order valence-corrected chi connectivity index (χ4v) is 4.33. The SMILES string of the molecule is CC(C)(C)OC(=O)N1CCC2(CC1)NC(=O)C(c1ccc(Cl)cc1)N2.NC(=O)C(N)c1ccc(Cl)cc1. The number of hydrogen-bond acceptors (Lipinski definition) is 6. The van der Waals surface area contributed by atoms with E-state index in [4.69, 9.17) is 39.4 Å². The second kappa shape index (κ2) is 11.7. The third kappa shape index (κ3) is 7.82. The molecule has 9 nitrogen and oxygen atoms in total. The Hall–Kier alpha value is -2.85. The second-order valence-electron chi connectivity index (χ2n) is 10.1. The van der Waals surface area contributed by atoms with Gasteiger partial charge in [-0.25, -0.2) is 4.79 Å². The Bertz CT molecular complexity index is 1110. The molecular formula is C26H33Cl2N5O4. The van der Waals surface area contributed by atoms with E-state index in [1.165, 1.54) is 0 Å². The van der Waals surface area contributed by atoms with Gasteiger partial charge in [0, 0.05) is 36.0 Å². The lowest BCUT2D eigenvalue weighted by molar-refractivity contribution is -0.121. The summed E-state index contributed by atoms with van der Waals surface area (Å²) < 4.78 is 5.42. The average Bonchev–Trinajstić information content (AvgIpc) is 3.14. The lowest BCUT2D eigenvalue weighted by atomic mass is 9.97. The summed E-state index contributed by atoms with van der Waals surface area (Å²) in [5, 5.41) is 7.74. The van der Waals surface area contributed by atoms with Crippen molar-refractivity contribution in [2.45, 2.75) is 57.0 Å². The zero-order chi connectivity index (χ0) is 27.4. The number of piperidine rings is 1. The van der Waals surface area contributed by atoms with Crippen LogP contribution >= 0.6 is 23.2 Å². The van der Waals surface area contributed by atoms with Crippen molar-refractivity contribution in [1.29, 1.82) is 0 Å². The van der Waals surface area contributed by atoms with Gasteiger partial charge in [-0.3, -0.25) is 14.9 Å². The average molecular weight is 550 g/mol. The van der Waals surface area contributed by atoms with Crippen LogP contribution in [0.25, 0.3) is 0 Å². The molecule has 2 unspecified atom stereocenters. The quantitative estimate of drug-likeness (QED) is 0.460. The molecule has 2 saturated heterocycles. The minimum Gasteiger partial charge on any atom is -0.444 e. The Labute approximate surface area is 226 Å². The molecular weight excluding hydrogens is 517 g/mol. The molecule has 4 rings (SSSR count). The summed E-state index contributed by atoms with van der Waals surface area (Å²) in [5.41, 5.74) is 11.1. The van der Waals surface area contributed by atoms with E-state index in [1.807, 2.05) is 32.9 Å². The monoisotopic (exact) mass is 549 g/mol. The van der Waals surface area contributed by atoms with Crippen molar-refractivity contribution in [1.82, 2.24) is 15.5 Å². The highest BCUT2D eigenvalue weighted by molar-refractivity contribution is 6.30. The molecule has 0 bridgehead atoms. The van der Waals surface area contributed by atoms with Crippen molar-refractivity contribution in [2.75, 3.05) is 13.1 Å². The van der Waals surface area contributed by atoms with E-state index < -0.39 is 29.3 Å². The number of nitrogens with two attached hydrogens (primary N) is 2. The van der Waals surface area contributed by atoms with Crippen LogP contribution in [0.15, 0.2) is 48.5 Å². The number of nitrogens with one attached hydrogen (secondary N) is 2. The molecule has 2 fully saturated rings. The van der Waals surface area contributed by atoms with Gasteiger partial charge < -0.3 is 26.4 Å². The van der Waals surface area contributed by atoms with E-state index in [0.29, 0.717) is 41.5 Å². The minimum atomic E-state index is -0.748. The van der Waals surface area contributed by atoms with E-state index in [0.717, 1.165) is 5.56 Å². The molecule has 1 spiro atoms. The molecule has 200 valence electrons. The Morgan fingerprint density at radius 1 is 1.03 bits per heavy atom. The van der Waals surface area contributed by atoms with Crippen LogP contribution in [0.2, 0.25) is 10.0 Å². The molecule has 2 aromatic carbocycles. The molecule has 11 heteroatoms. The van der Waals surface area contributed by atoms with E-state index in [-0.39, 0.29) is 12.0 Å². The van der Waals surface area contributed by atoms with Gasteiger partial charge in [0.05, 0.1) is 5.66 Å². The van der Waals surface area contributed by atoms with Crippen LogP contribution in [-0.2, 0) is 14.3 Å². The largest absolute Gasteiger partial charge is 0.444 e. The van der Waals surface area contributed by atoms with Gasteiger partial charge in [0.25, 0.3) is 0 Å². The van der Waals surface area contributed by atoms with E-state index >= 15 is 0 Å². The Kier molecular flexibility index (Phi) is 9.07. The van der Waals surface area contributed by atoms with Crippen molar-refractivity contribution in [3.63, 3.8) is 0 Å². The van der Waals surface area contributed by atoms with Crippen LogP contribution in [0.4, 0.5) is 4.79 Å².